The van der Waals surface area contributed by atoms with Crippen molar-refractivity contribution in [2.24, 2.45) is 0 Å². The minimum absolute atomic E-state index is 0.244. The fourth-order valence-electron chi connectivity index (χ4n) is 1.55. The molecular weight excluding hydrogens is 298 g/mol. The number of para-hydroxylation sites is 1. The molecule has 19 heavy (non-hydrogen) atoms. The Labute approximate surface area is 122 Å². The van der Waals surface area contributed by atoms with Crippen molar-refractivity contribution >= 4 is 50.9 Å². The Balaban J connectivity index is 1.61. The van der Waals surface area contributed by atoms with Gasteiger partial charge < -0.3 is 4.18 Å². The van der Waals surface area contributed by atoms with Gasteiger partial charge in [-0.15, -0.1) is 22.7 Å². The number of aromatic nitrogens is 1. The maximum Gasteiger partial charge on any atom is 0.323 e. The molecule has 3 rings (SSSR count). The first-order valence-electron chi connectivity index (χ1n) is 5.56. The molecule has 0 aliphatic heterocycles. The Hall–Kier alpha value is -1.37. The predicted molar refractivity (Wildman–Crippen MR) is 79.6 cm³/mol. The molecule has 0 fully saturated rings. The fourth-order valence-corrected chi connectivity index (χ4v) is 3.81. The summed E-state index contributed by atoms with van der Waals surface area (Å²) in [6, 6.07) is 11.7. The lowest BCUT2D eigenvalue weighted by Crippen LogP contribution is -2.01. The molecule has 3 aromatic rings. The van der Waals surface area contributed by atoms with Gasteiger partial charge in [0, 0.05) is 4.88 Å². The maximum absolute atomic E-state index is 11.6. The van der Waals surface area contributed by atoms with Crippen LogP contribution in [-0.4, -0.2) is 11.0 Å². The standard InChI is InChI=1S/C13H9NO2S3/c15-12(8-9-4-3-7-17-9)16-19-13-14-10-5-1-2-6-11(10)18-13/h1-7H,8H2. The molecule has 0 aliphatic rings. The van der Waals surface area contributed by atoms with Crippen molar-refractivity contribution in [1.29, 1.82) is 0 Å². The highest BCUT2D eigenvalue weighted by atomic mass is 32.2. The van der Waals surface area contributed by atoms with Gasteiger partial charge in [0.05, 0.1) is 16.6 Å². The summed E-state index contributed by atoms with van der Waals surface area (Å²) in [6.07, 6.45) is 0.315. The number of rotatable bonds is 4. The van der Waals surface area contributed by atoms with E-state index in [1.807, 2.05) is 41.8 Å². The second kappa shape index (κ2) is 5.73. The monoisotopic (exact) mass is 307 g/mol. The second-order valence-electron chi connectivity index (χ2n) is 3.74. The van der Waals surface area contributed by atoms with Gasteiger partial charge in [0.1, 0.15) is 12.0 Å². The molecule has 0 spiro atoms. The van der Waals surface area contributed by atoms with Crippen LogP contribution in [0.5, 0.6) is 0 Å². The molecule has 0 bridgehead atoms. The quantitative estimate of drug-likeness (QED) is 0.679. The number of nitrogens with zero attached hydrogens (tertiary/aromatic N) is 1. The first-order valence-corrected chi connectivity index (χ1v) is 8.00. The second-order valence-corrected chi connectivity index (χ2v) is 6.78. The van der Waals surface area contributed by atoms with Crippen LogP contribution in [0, 0.1) is 0 Å². The molecule has 0 N–H and O–H groups in total. The van der Waals surface area contributed by atoms with Crippen molar-refractivity contribution in [1.82, 2.24) is 4.98 Å². The molecule has 0 aliphatic carbocycles. The van der Waals surface area contributed by atoms with Crippen LogP contribution in [0.3, 0.4) is 0 Å². The molecule has 0 unspecified atom stereocenters. The zero-order valence-electron chi connectivity index (χ0n) is 9.74. The van der Waals surface area contributed by atoms with E-state index in [4.69, 9.17) is 4.18 Å². The molecule has 0 saturated carbocycles. The SMILES string of the molecule is O=C(Cc1cccs1)OSc1nc2ccccc2s1. The van der Waals surface area contributed by atoms with Gasteiger partial charge in [-0.05, 0) is 23.6 Å². The van der Waals surface area contributed by atoms with Gasteiger partial charge in [0.15, 0.2) is 4.34 Å². The van der Waals surface area contributed by atoms with Crippen molar-refractivity contribution in [3.63, 3.8) is 0 Å². The molecule has 3 nitrogen and oxygen atoms in total. The summed E-state index contributed by atoms with van der Waals surface area (Å²) in [5, 5.41) is 1.95. The number of benzene rings is 1. The van der Waals surface area contributed by atoms with E-state index in [-0.39, 0.29) is 5.97 Å². The van der Waals surface area contributed by atoms with Crippen LogP contribution in [-0.2, 0) is 15.4 Å². The first kappa shape index (κ1) is 12.7. The lowest BCUT2D eigenvalue weighted by Gasteiger charge is -1.98. The van der Waals surface area contributed by atoms with Crippen molar-refractivity contribution in [3.8, 4) is 0 Å². The third-order valence-electron chi connectivity index (χ3n) is 2.38. The van der Waals surface area contributed by atoms with E-state index in [2.05, 4.69) is 4.98 Å². The van der Waals surface area contributed by atoms with E-state index < -0.39 is 0 Å². The molecule has 0 radical (unpaired) electrons. The van der Waals surface area contributed by atoms with Crippen molar-refractivity contribution in [3.05, 3.63) is 46.7 Å². The van der Waals surface area contributed by atoms with Crippen LogP contribution >= 0.6 is 34.7 Å². The van der Waals surface area contributed by atoms with Crippen LogP contribution in [0.4, 0.5) is 0 Å². The van der Waals surface area contributed by atoms with Gasteiger partial charge in [0.2, 0.25) is 0 Å². The lowest BCUT2D eigenvalue weighted by atomic mass is 10.3. The van der Waals surface area contributed by atoms with Gasteiger partial charge in [-0.2, -0.15) is 0 Å². The van der Waals surface area contributed by atoms with Crippen LogP contribution in [0.25, 0.3) is 10.2 Å². The molecule has 0 atom stereocenters. The third-order valence-corrected chi connectivity index (χ3v) is 5.04. The van der Waals surface area contributed by atoms with E-state index in [1.165, 1.54) is 11.3 Å². The fraction of sp³-hybridized carbons (Fsp3) is 0.0769. The Kier molecular flexibility index (Phi) is 3.82. The van der Waals surface area contributed by atoms with Gasteiger partial charge in [-0.3, -0.25) is 4.79 Å². The number of carbonyl (C=O) groups excluding carboxylic acids is 1. The summed E-state index contributed by atoms with van der Waals surface area (Å²) < 4.78 is 7.01. The van der Waals surface area contributed by atoms with Crippen molar-refractivity contribution in [2.75, 3.05) is 0 Å². The number of carbonyl (C=O) groups is 1. The number of hydrogen-bond acceptors (Lipinski definition) is 6. The van der Waals surface area contributed by atoms with E-state index >= 15 is 0 Å². The van der Waals surface area contributed by atoms with Crippen LogP contribution in [0.15, 0.2) is 46.1 Å². The largest absolute Gasteiger partial charge is 0.383 e. The number of thiophene rings is 1. The number of hydrogen-bond donors (Lipinski definition) is 0. The minimum Gasteiger partial charge on any atom is -0.383 e. The summed E-state index contributed by atoms with van der Waals surface area (Å²) in [5.74, 6) is -0.244. The zero-order chi connectivity index (χ0) is 13.1. The molecule has 2 aromatic heterocycles. The molecule has 2 heterocycles. The van der Waals surface area contributed by atoms with Crippen molar-refractivity contribution in [2.45, 2.75) is 10.8 Å². The van der Waals surface area contributed by atoms with Gasteiger partial charge in [-0.25, -0.2) is 4.98 Å². The highest BCUT2D eigenvalue weighted by Crippen LogP contribution is 2.30. The Morgan fingerprint density at radius 3 is 2.95 bits per heavy atom. The van der Waals surface area contributed by atoms with E-state index in [0.717, 1.165) is 31.5 Å². The molecular formula is C13H9NO2S3. The maximum atomic E-state index is 11.6. The molecule has 6 heteroatoms. The highest BCUT2D eigenvalue weighted by Gasteiger charge is 2.10. The van der Waals surface area contributed by atoms with Crippen molar-refractivity contribution < 1.29 is 8.98 Å². The zero-order valence-corrected chi connectivity index (χ0v) is 12.2. The topological polar surface area (TPSA) is 39.2 Å². The third kappa shape index (κ3) is 3.15. The molecule has 0 saturated heterocycles. The Morgan fingerprint density at radius 1 is 1.26 bits per heavy atom. The summed E-state index contributed by atoms with van der Waals surface area (Å²) in [7, 11) is 0. The summed E-state index contributed by atoms with van der Waals surface area (Å²) >= 11 is 4.12. The highest BCUT2D eigenvalue weighted by molar-refractivity contribution is 7.97. The Bertz CT molecular complexity index is 658. The van der Waals surface area contributed by atoms with E-state index in [1.54, 1.807) is 11.3 Å². The average Bonchev–Trinajstić information content (AvgIpc) is 3.04. The number of fused-ring (bicyclic) bond motifs is 1. The lowest BCUT2D eigenvalue weighted by molar-refractivity contribution is -0.132. The summed E-state index contributed by atoms with van der Waals surface area (Å²) in [4.78, 5) is 17.0. The van der Waals surface area contributed by atoms with Crippen LogP contribution < -0.4 is 0 Å². The average molecular weight is 307 g/mol. The molecule has 1 aromatic carbocycles. The Morgan fingerprint density at radius 2 is 2.16 bits per heavy atom. The van der Waals surface area contributed by atoms with Crippen LogP contribution in [0.1, 0.15) is 4.88 Å². The van der Waals surface area contributed by atoms with E-state index in [9.17, 15) is 4.79 Å². The predicted octanol–water partition coefficient (Wildman–Crippen LogP) is 4.15. The normalized spacial score (nSPS) is 10.7. The summed E-state index contributed by atoms with van der Waals surface area (Å²) in [6.45, 7) is 0. The molecule has 96 valence electrons. The first-order chi connectivity index (χ1) is 9.31. The van der Waals surface area contributed by atoms with Crippen LogP contribution in [0.2, 0.25) is 0 Å². The number of thiazole rings is 1. The van der Waals surface area contributed by atoms with E-state index in [0.29, 0.717) is 6.42 Å². The summed E-state index contributed by atoms with van der Waals surface area (Å²) in [5.41, 5.74) is 0.935. The van der Waals surface area contributed by atoms with Gasteiger partial charge >= 0.3 is 5.97 Å². The smallest absolute Gasteiger partial charge is 0.323 e. The molecule has 0 amide bonds. The minimum atomic E-state index is -0.244. The van der Waals surface area contributed by atoms with Gasteiger partial charge in [-0.1, -0.05) is 18.2 Å². The van der Waals surface area contributed by atoms with Gasteiger partial charge in [0.25, 0.3) is 0 Å².